The van der Waals surface area contributed by atoms with Gasteiger partial charge in [0.25, 0.3) is 5.91 Å². The summed E-state index contributed by atoms with van der Waals surface area (Å²) in [7, 11) is 0. The highest BCUT2D eigenvalue weighted by Gasteiger charge is 2.14. The van der Waals surface area contributed by atoms with Gasteiger partial charge in [0.2, 0.25) is 0 Å². The Hall–Kier alpha value is -2.62. The zero-order chi connectivity index (χ0) is 18.5. The first-order chi connectivity index (χ1) is 11.6. The average molecular weight is 328 g/mol. The molecule has 0 spiro atoms. The Kier molecular flexibility index (Phi) is 10.6. The third-order valence-corrected chi connectivity index (χ3v) is 2.97. The van der Waals surface area contributed by atoms with Gasteiger partial charge in [0.1, 0.15) is 0 Å². The van der Waals surface area contributed by atoms with Gasteiger partial charge < -0.3 is 5.32 Å². The summed E-state index contributed by atoms with van der Waals surface area (Å²) in [5.74, 6) is -0.394. The minimum absolute atomic E-state index is 0.394. The Morgan fingerprint density at radius 3 is 1.75 bits per heavy atom. The number of urea groups is 1. The van der Waals surface area contributed by atoms with E-state index in [9.17, 15) is 9.59 Å². The summed E-state index contributed by atoms with van der Waals surface area (Å²) < 4.78 is 0. The molecule has 24 heavy (non-hydrogen) atoms. The summed E-state index contributed by atoms with van der Waals surface area (Å²) in [6.07, 6.45) is 0. The highest BCUT2D eigenvalue weighted by atomic mass is 16.2. The predicted molar refractivity (Wildman–Crippen MR) is 102 cm³/mol. The highest BCUT2D eigenvalue weighted by molar-refractivity contribution is 6.09. The molecule has 0 radical (unpaired) electrons. The van der Waals surface area contributed by atoms with Gasteiger partial charge in [0.05, 0.1) is 0 Å². The van der Waals surface area contributed by atoms with Crippen molar-refractivity contribution < 1.29 is 9.59 Å². The molecule has 2 rings (SSSR count). The second-order valence-corrected chi connectivity index (χ2v) is 4.54. The van der Waals surface area contributed by atoms with Crippen molar-refractivity contribution in [2.75, 3.05) is 5.32 Å². The van der Waals surface area contributed by atoms with E-state index >= 15 is 0 Å². The van der Waals surface area contributed by atoms with Crippen LogP contribution < -0.4 is 10.6 Å². The summed E-state index contributed by atoms with van der Waals surface area (Å²) in [5.41, 5.74) is 2.86. The maximum Gasteiger partial charge on any atom is 0.326 e. The number of amides is 3. The van der Waals surface area contributed by atoms with Crippen LogP contribution >= 0.6 is 0 Å². The Morgan fingerprint density at radius 1 is 0.750 bits per heavy atom. The second-order valence-electron chi connectivity index (χ2n) is 4.54. The average Bonchev–Trinajstić information content (AvgIpc) is 2.59. The summed E-state index contributed by atoms with van der Waals surface area (Å²) in [5, 5.41) is 4.95. The molecular weight excluding hydrogens is 300 g/mol. The molecule has 4 heteroatoms. The summed E-state index contributed by atoms with van der Waals surface area (Å²) >= 11 is 0. The van der Waals surface area contributed by atoms with Crippen LogP contribution in [0.1, 0.15) is 49.2 Å². The lowest BCUT2D eigenvalue weighted by Gasteiger charge is -2.10. The van der Waals surface area contributed by atoms with E-state index in [-0.39, 0.29) is 0 Å². The number of carbonyl (C=O) groups is 2. The van der Waals surface area contributed by atoms with Crippen LogP contribution in [0.5, 0.6) is 0 Å². The number of hydrogen-bond acceptors (Lipinski definition) is 2. The lowest BCUT2D eigenvalue weighted by atomic mass is 10.0. The van der Waals surface area contributed by atoms with Gasteiger partial charge in [0.15, 0.2) is 0 Å². The van der Waals surface area contributed by atoms with Crippen molar-refractivity contribution in [3.05, 3.63) is 65.2 Å². The molecule has 4 nitrogen and oxygen atoms in total. The van der Waals surface area contributed by atoms with Crippen LogP contribution in [0.3, 0.4) is 0 Å². The molecule has 0 bridgehead atoms. The van der Waals surface area contributed by atoms with Crippen LogP contribution in [-0.4, -0.2) is 11.9 Å². The maximum absolute atomic E-state index is 12.1. The number of hydrogen-bond donors (Lipinski definition) is 2. The summed E-state index contributed by atoms with van der Waals surface area (Å²) in [6.45, 7) is 11.7. The molecule has 0 fully saturated rings. The number of anilines is 1. The Balaban J connectivity index is 0.00000123. The van der Waals surface area contributed by atoms with E-state index in [0.29, 0.717) is 11.3 Å². The van der Waals surface area contributed by atoms with E-state index < -0.39 is 11.9 Å². The van der Waals surface area contributed by atoms with Gasteiger partial charge in [-0.1, -0.05) is 64.1 Å². The topological polar surface area (TPSA) is 58.2 Å². The Morgan fingerprint density at radius 2 is 1.25 bits per heavy atom. The molecule has 0 atom stereocenters. The van der Waals surface area contributed by atoms with Gasteiger partial charge in [-0.3, -0.25) is 10.1 Å². The first-order valence-electron chi connectivity index (χ1n) is 8.31. The van der Waals surface area contributed by atoms with Crippen molar-refractivity contribution in [1.82, 2.24) is 5.32 Å². The zero-order valence-electron chi connectivity index (χ0n) is 15.4. The second kappa shape index (κ2) is 11.9. The molecule has 2 aromatic carbocycles. The van der Waals surface area contributed by atoms with Crippen molar-refractivity contribution in [1.29, 1.82) is 0 Å². The molecule has 0 unspecified atom stereocenters. The first kappa shape index (κ1) is 21.4. The number of benzene rings is 2. The van der Waals surface area contributed by atoms with Crippen LogP contribution in [0.4, 0.5) is 10.5 Å². The van der Waals surface area contributed by atoms with Gasteiger partial charge in [-0.05, 0) is 37.1 Å². The molecule has 2 N–H and O–H groups in total. The lowest BCUT2D eigenvalue weighted by molar-refractivity contribution is 0.0966. The molecule has 0 aliphatic rings. The Labute approximate surface area is 145 Å². The smallest absolute Gasteiger partial charge is 0.308 e. The van der Waals surface area contributed by atoms with Crippen molar-refractivity contribution in [2.24, 2.45) is 0 Å². The number of imide groups is 1. The summed E-state index contributed by atoms with van der Waals surface area (Å²) in [4.78, 5) is 23.9. The molecule has 0 heterocycles. The van der Waals surface area contributed by atoms with Crippen molar-refractivity contribution >= 4 is 17.6 Å². The van der Waals surface area contributed by atoms with Crippen LogP contribution in [0, 0.1) is 13.8 Å². The van der Waals surface area contributed by atoms with Gasteiger partial charge in [-0.25, -0.2) is 4.79 Å². The molecule has 0 saturated carbocycles. The Bertz CT molecular complexity index is 617. The van der Waals surface area contributed by atoms with E-state index in [1.807, 2.05) is 77.9 Å². The fraction of sp³-hybridized carbons (Fsp3) is 0.300. The van der Waals surface area contributed by atoms with E-state index in [4.69, 9.17) is 0 Å². The number of para-hydroxylation sites is 1. The largest absolute Gasteiger partial charge is 0.326 e. The third-order valence-electron chi connectivity index (χ3n) is 2.97. The maximum atomic E-state index is 12.1. The molecular formula is C20H28N2O2. The molecule has 3 amide bonds. The van der Waals surface area contributed by atoms with Crippen molar-refractivity contribution in [2.45, 2.75) is 41.5 Å². The van der Waals surface area contributed by atoms with Crippen LogP contribution in [0.15, 0.2) is 48.5 Å². The molecule has 0 aliphatic carbocycles. The molecule has 130 valence electrons. The fourth-order valence-electron chi connectivity index (χ4n) is 2.02. The number of aryl methyl sites for hydroxylation is 2. The van der Waals surface area contributed by atoms with Gasteiger partial charge in [0, 0.05) is 11.3 Å². The van der Waals surface area contributed by atoms with Crippen LogP contribution in [0.2, 0.25) is 0 Å². The lowest BCUT2D eigenvalue weighted by Crippen LogP contribution is -2.35. The van der Waals surface area contributed by atoms with Crippen LogP contribution in [-0.2, 0) is 0 Å². The van der Waals surface area contributed by atoms with E-state index in [1.165, 1.54) is 0 Å². The van der Waals surface area contributed by atoms with Crippen molar-refractivity contribution in [3.8, 4) is 0 Å². The molecule has 0 aromatic heterocycles. The van der Waals surface area contributed by atoms with Gasteiger partial charge in [-0.2, -0.15) is 0 Å². The number of carbonyl (C=O) groups excluding carboxylic acids is 2. The van der Waals surface area contributed by atoms with Crippen LogP contribution in [0.25, 0.3) is 0 Å². The minimum Gasteiger partial charge on any atom is -0.308 e. The zero-order valence-corrected chi connectivity index (χ0v) is 15.4. The third kappa shape index (κ3) is 6.65. The standard InChI is InChI=1S/C16H16N2O2.2C2H6/c1-11-7-6-8-12(2)14(11)15(19)18-16(20)17-13-9-4-3-5-10-13;2*1-2/h3-10H,1-2H3,(H2,17,18,19,20);2*1-2H3. The molecule has 2 aromatic rings. The minimum atomic E-state index is -0.538. The predicted octanol–water partition coefficient (Wildman–Crippen LogP) is 5.32. The fourth-order valence-corrected chi connectivity index (χ4v) is 2.02. The first-order valence-corrected chi connectivity index (χ1v) is 8.31. The molecule has 0 aliphatic heterocycles. The van der Waals surface area contributed by atoms with Gasteiger partial charge in [-0.15, -0.1) is 0 Å². The molecule has 0 saturated heterocycles. The normalized spacial score (nSPS) is 8.75. The highest BCUT2D eigenvalue weighted by Crippen LogP contribution is 2.13. The quantitative estimate of drug-likeness (QED) is 0.784. The monoisotopic (exact) mass is 328 g/mol. The van der Waals surface area contributed by atoms with E-state index in [0.717, 1.165) is 11.1 Å². The van der Waals surface area contributed by atoms with E-state index in [1.54, 1.807) is 12.1 Å². The number of rotatable bonds is 2. The van der Waals surface area contributed by atoms with Crippen molar-refractivity contribution in [3.63, 3.8) is 0 Å². The summed E-state index contributed by atoms with van der Waals surface area (Å²) in [6, 6.07) is 14.0. The SMILES string of the molecule is CC.CC.Cc1cccc(C)c1C(=O)NC(=O)Nc1ccccc1. The van der Waals surface area contributed by atoms with Gasteiger partial charge >= 0.3 is 6.03 Å². The number of nitrogens with one attached hydrogen (secondary N) is 2. The van der Waals surface area contributed by atoms with E-state index in [2.05, 4.69) is 10.6 Å².